The van der Waals surface area contributed by atoms with Crippen molar-refractivity contribution in [2.24, 2.45) is 5.92 Å². The third-order valence-corrected chi connectivity index (χ3v) is 4.14. The Bertz CT molecular complexity index is 685. The van der Waals surface area contributed by atoms with Crippen LogP contribution in [-0.4, -0.2) is 28.7 Å². The van der Waals surface area contributed by atoms with Crippen LogP contribution in [0, 0.1) is 5.92 Å². The van der Waals surface area contributed by atoms with Crippen molar-refractivity contribution in [3.05, 3.63) is 42.5 Å². The van der Waals surface area contributed by atoms with Gasteiger partial charge in [-0.1, -0.05) is 6.92 Å². The number of imidazole rings is 1. The molecule has 2 unspecified atom stereocenters. The standard InChI is InChI=1S/C18H23N3O3/c1-3-23-14-4-5-17-15(10-14)16(6-9-24-17)20-18(22)13(2)11-21-8-7-19-12-21/h4-5,7-8,10,12-13,16H,3,6,9,11H2,1-2H3,(H,20,22). The van der Waals surface area contributed by atoms with Crippen LogP contribution in [0.15, 0.2) is 36.9 Å². The van der Waals surface area contributed by atoms with Gasteiger partial charge in [-0.15, -0.1) is 0 Å². The summed E-state index contributed by atoms with van der Waals surface area (Å²) in [5.41, 5.74) is 0.982. The van der Waals surface area contributed by atoms with E-state index in [0.717, 1.165) is 23.5 Å². The number of hydrogen-bond donors (Lipinski definition) is 1. The summed E-state index contributed by atoms with van der Waals surface area (Å²) in [5.74, 6) is 1.51. The lowest BCUT2D eigenvalue weighted by atomic mass is 9.99. The molecule has 2 atom stereocenters. The highest BCUT2D eigenvalue weighted by molar-refractivity contribution is 5.78. The third kappa shape index (κ3) is 3.69. The van der Waals surface area contributed by atoms with Crippen molar-refractivity contribution >= 4 is 5.91 Å². The summed E-state index contributed by atoms with van der Waals surface area (Å²) in [6.45, 7) is 5.69. The third-order valence-electron chi connectivity index (χ3n) is 4.14. The fourth-order valence-electron chi connectivity index (χ4n) is 2.89. The van der Waals surface area contributed by atoms with Crippen LogP contribution in [-0.2, 0) is 11.3 Å². The van der Waals surface area contributed by atoms with Crippen LogP contribution in [0.5, 0.6) is 11.5 Å². The molecule has 1 N–H and O–H groups in total. The van der Waals surface area contributed by atoms with E-state index in [2.05, 4.69) is 10.3 Å². The first-order valence-electron chi connectivity index (χ1n) is 8.33. The molecule has 0 aliphatic carbocycles. The highest BCUT2D eigenvalue weighted by atomic mass is 16.5. The Balaban J connectivity index is 1.69. The van der Waals surface area contributed by atoms with Crippen LogP contribution in [0.1, 0.15) is 31.9 Å². The van der Waals surface area contributed by atoms with E-state index in [-0.39, 0.29) is 17.9 Å². The van der Waals surface area contributed by atoms with Gasteiger partial charge in [0.1, 0.15) is 11.5 Å². The second kappa shape index (κ2) is 7.38. The van der Waals surface area contributed by atoms with Gasteiger partial charge in [-0.3, -0.25) is 4.79 Å². The Morgan fingerprint density at radius 2 is 2.42 bits per heavy atom. The van der Waals surface area contributed by atoms with Gasteiger partial charge in [0.25, 0.3) is 0 Å². The fraction of sp³-hybridized carbons (Fsp3) is 0.444. The zero-order valence-corrected chi connectivity index (χ0v) is 14.1. The second-order valence-corrected chi connectivity index (χ2v) is 5.99. The minimum atomic E-state index is -0.138. The zero-order valence-electron chi connectivity index (χ0n) is 14.1. The van der Waals surface area contributed by atoms with E-state index < -0.39 is 0 Å². The van der Waals surface area contributed by atoms with Crippen molar-refractivity contribution in [3.63, 3.8) is 0 Å². The van der Waals surface area contributed by atoms with E-state index in [4.69, 9.17) is 9.47 Å². The number of fused-ring (bicyclic) bond motifs is 1. The maximum Gasteiger partial charge on any atom is 0.225 e. The molecular formula is C18H23N3O3. The molecule has 0 saturated carbocycles. The first-order valence-corrected chi connectivity index (χ1v) is 8.33. The molecule has 2 aromatic rings. The van der Waals surface area contributed by atoms with Gasteiger partial charge < -0.3 is 19.4 Å². The number of carbonyl (C=O) groups is 1. The molecule has 1 aromatic heterocycles. The predicted octanol–water partition coefficient (Wildman–Crippen LogP) is 2.56. The number of carbonyl (C=O) groups excluding carboxylic acids is 1. The predicted molar refractivity (Wildman–Crippen MR) is 90.0 cm³/mol. The van der Waals surface area contributed by atoms with E-state index in [1.807, 2.05) is 42.8 Å². The average Bonchev–Trinajstić information content (AvgIpc) is 3.08. The lowest BCUT2D eigenvalue weighted by molar-refractivity contribution is -0.125. The van der Waals surface area contributed by atoms with Crippen molar-refractivity contribution in [3.8, 4) is 11.5 Å². The maximum absolute atomic E-state index is 12.5. The number of benzene rings is 1. The Labute approximate surface area is 141 Å². The number of nitrogens with zero attached hydrogens (tertiary/aromatic N) is 2. The molecule has 1 aliphatic rings. The molecule has 0 bridgehead atoms. The fourth-order valence-corrected chi connectivity index (χ4v) is 2.89. The van der Waals surface area contributed by atoms with Crippen LogP contribution < -0.4 is 14.8 Å². The summed E-state index contributed by atoms with van der Waals surface area (Å²) in [5, 5.41) is 3.15. The molecule has 1 amide bonds. The van der Waals surface area contributed by atoms with Crippen LogP contribution in [0.25, 0.3) is 0 Å². The smallest absolute Gasteiger partial charge is 0.225 e. The molecule has 128 valence electrons. The minimum Gasteiger partial charge on any atom is -0.494 e. The summed E-state index contributed by atoms with van der Waals surface area (Å²) in [7, 11) is 0. The zero-order chi connectivity index (χ0) is 16.9. The SMILES string of the molecule is CCOc1ccc2c(c1)C(NC(=O)C(C)Cn1ccnc1)CCO2. The Kier molecular flexibility index (Phi) is 5.03. The first-order chi connectivity index (χ1) is 11.7. The molecule has 24 heavy (non-hydrogen) atoms. The minimum absolute atomic E-state index is 0.0309. The van der Waals surface area contributed by atoms with Crippen LogP contribution in [0.4, 0.5) is 0 Å². The lowest BCUT2D eigenvalue weighted by Crippen LogP contribution is -2.36. The van der Waals surface area contributed by atoms with Crippen molar-refractivity contribution in [1.82, 2.24) is 14.9 Å². The molecule has 2 heterocycles. The van der Waals surface area contributed by atoms with Crippen molar-refractivity contribution in [2.75, 3.05) is 13.2 Å². The van der Waals surface area contributed by atoms with Gasteiger partial charge in [0.2, 0.25) is 5.91 Å². The molecule has 6 nitrogen and oxygen atoms in total. The van der Waals surface area contributed by atoms with Gasteiger partial charge in [0, 0.05) is 30.9 Å². The van der Waals surface area contributed by atoms with Gasteiger partial charge in [0.05, 0.1) is 31.5 Å². The van der Waals surface area contributed by atoms with Crippen LogP contribution in [0.2, 0.25) is 0 Å². The van der Waals surface area contributed by atoms with Gasteiger partial charge in [-0.2, -0.15) is 0 Å². The van der Waals surface area contributed by atoms with Crippen molar-refractivity contribution in [1.29, 1.82) is 0 Å². The summed E-state index contributed by atoms with van der Waals surface area (Å²) >= 11 is 0. The summed E-state index contributed by atoms with van der Waals surface area (Å²) in [6, 6.07) is 5.72. The van der Waals surface area contributed by atoms with Crippen molar-refractivity contribution < 1.29 is 14.3 Å². The first kappa shape index (κ1) is 16.4. The Hall–Kier alpha value is -2.50. The highest BCUT2D eigenvalue weighted by Crippen LogP contribution is 2.35. The molecule has 0 saturated heterocycles. The molecule has 3 rings (SSSR count). The Morgan fingerprint density at radius 3 is 3.17 bits per heavy atom. The number of hydrogen-bond acceptors (Lipinski definition) is 4. The number of ether oxygens (including phenoxy) is 2. The summed E-state index contributed by atoms with van der Waals surface area (Å²) in [6.07, 6.45) is 6.06. The highest BCUT2D eigenvalue weighted by Gasteiger charge is 2.25. The van der Waals surface area contributed by atoms with Crippen molar-refractivity contribution in [2.45, 2.75) is 32.9 Å². The number of amides is 1. The molecule has 1 aromatic carbocycles. The molecule has 0 spiro atoms. The summed E-state index contributed by atoms with van der Waals surface area (Å²) < 4.78 is 13.2. The van der Waals surface area contributed by atoms with Gasteiger partial charge in [-0.25, -0.2) is 4.98 Å². The van der Waals surface area contributed by atoms with E-state index in [9.17, 15) is 4.79 Å². The topological polar surface area (TPSA) is 65.4 Å². The van der Waals surface area contributed by atoms with Crippen LogP contribution in [0.3, 0.4) is 0 Å². The largest absolute Gasteiger partial charge is 0.494 e. The van der Waals surface area contributed by atoms with Gasteiger partial charge in [0.15, 0.2) is 0 Å². The molecule has 1 aliphatic heterocycles. The molecule has 0 radical (unpaired) electrons. The average molecular weight is 329 g/mol. The molecule has 0 fully saturated rings. The lowest BCUT2D eigenvalue weighted by Gasteiger charge is -2.28. The molecular weight excluding hydrogens is 306 g/mol. The quantitative estimate of drug-likeness (QED) is 0.884. The monoisotopic (exact) mass is 329 g/mol. The number of aromatic nitrogens is 2. The van der Waals surface area contributed by atoms with E-state index in [0.29, 0.717) is 19.8 Å². The van der Waals surface area contributed by atoms with Gasteiger partial charge >= 0.3 is 0 Å². The van der Waals surface area contributed by atoms with E-state index in [1.54, 1.807) is 12.5 Å². The number of rotatable bonds is 6. The second-order valence-electron chi connectivity index (χ2n) is 5.99. The van der Waals surface area contributed by atoms with Gasteiger partial charge in [-0.05, 0) is 25.1 Å². The number of nitrogens with one attached hydrogen (secondary N) is 1. The van der Waals surface area contributed by atoms with E-state index >= 15 is 0 Å². The Morgan fingerprint density at radius 1 is 1.54 bits per heavy atom. The van der Waals surface area contributed by atoms with Crippen LogP contribution >= 0.6 is 0 Å². The maximum atomic E-state index is 12.5. The summed E-state index contributed by atoms with van der Waals surface area (Å²) in [4.78, 5) is 16.5. The molecule has 6 heteroatoms. The van der Waals surface area contributed by atoms with E-state index in [1.165, 1.54) is 0 Å². The normalized spacial score (nSPS) is 17.5.